The second-order valence-electron chi connectivity index (χ2n) is 3.86. The molecule has 1 radical (unpaired) electrons. The molecule has 5 heteroatoms. The van der Waals surface area contributed by atoms with Gasteiger partial charge in [0.1, 0.15) is 0 Å². The average molecular weight is 309 g/mol. The lowest BCUT2D eigenvalue weighted by Crippen LogP contribution is -2.27. The van der Waals surface area contributed by atoms with Crippen LogP contribution in [0.25, 0.3) is 0 Å². The summed E-state index contributed by atoms with van der Waals surface area (Å²) in [4.78, 5) is 13.5. The molecule has 1 amide bonds. The third-order valence-electron chi connectivity index (χ3n) is 2.59. The van der Waals surface area contributed by atoms with E-state index in [4.69, 9.17) is 27.9 Å². The fourth-order valence-electron chi connectivity index (χ4n) is 1.74. The van der Waals surface area contributed by atoms with Crippen LogP contribution in [0.2, 0.25) is 10.0 Å². The summed E-state index contributed by atoms with van der Waals surface area (Å²) in [6.45, 7) is 3.53. The first-order chi connectivity index (χ1) is 9.65. The summed E-state index contributed by atoms with van der Waals surface area (Å²) < 4.78 is 4.98. The van der Waals surface area contributed by atoms with Gasteiger partial charge in [0, 0.05) is 0 Å². The lowest BCUT2D eigenvalue weighted by Gasteiger charge is -2.23. The fourth-order valence-corrected chi connectivity index (χ4v) is 2.12. The van der Waals surface area contributed by atoms with E-state index in [0.717, 1.165) is 0 Å². The molecule has 0 spiro atoms. The molecule has 0 unspecified atom stereocenters. The molecule has 0 aromatic heterocycles. The molecule has 0 atom stereocenters. The highest BCUT2D eigenvalue weighted by Crippen LogP contribution is 2.36. The van der Waals surface area contributed by atoms with E-state index >= 15 is 0 Å². The van der Waals surface area contributed by atoms with Crippen molar-refractivity contribution < 1.29 is 9.53 Å². The third kappa shape index (κ3) is 3.06. The molecule has 0 saturated carbocycles. The number of amides is 1. The molecule has 3 nitrogen and oxygen atoms in total. The zero-order chi connectivity index (χ0) is 14.5. The largest absolute Gasteiger partial charge is 0.449 e. The van der Waals surface area contributed by atoms with Gasteiger partial charge in [-0.3, -0.25) is 0 Å². The van der Waals surface area contributed by atoms with Crippen molar-refractivity contribution in [2.24, 2.45) is 0 Å². The number of benzene rings is 2. The lowest BCUT2D eigenvalue weighted by atomic mass is 10.2. The Morgan fingerprint density at radius 3 is 2.45 bits per heavy atom. The van der Waals surface area contributed by atoms with Crippen LogP contribution in [0.1, 0.15) is 0 Å². The maximum absolute atomic E-state index is 12.2. The number of anilines is 2. The Bertz CT molecular complexity index is 602. The van der Waals surface area contributed by atoms with E-state index in [-0.39, 0.29) is 6.61 Å². The van der Waals surface area contributed by atoms with Gasteiger partial charge >= 0.3 is 6.09 Å². The van der Waals surface area contributed by atoms with E-state index in [2.05, 4.69) is 6.92 Å². The first-order valence-corrected chi connectivity index (χ1v) is 6.66. The summed E-state index contributed by atoms with van der Waals surface area (Å²) in [5.74, 6) is 0. The molecule has 103 valence electrons. The Morgan fingerprint density at radius 1 is 1.10 bits per heavy atom. The van der Waals surface area contributed by atoms with Crippen LogP contribution < -0.4 is 4.90 Å². The van der Waals surface area contributed by atoms with E-state index < -0.39 is 6.09 Å². The number of para-hydroxylation sites is 1. The highest BCUT2D eigenvalue weighted by molar-refractivity contribution is 6.44. The molecule has 0 aliphatic carbocycles. The zero-order valence-electron chi connectivity index (χ0n) is 10.6. The summed E-state index contributed by atoms with van der Waals surface area (Å²) in [5.41, 5.74) is 1.10. The standard InChI is InChI=1S/C15H12Cl2NO2/c1-2-20-15(19)18(11-7-4-3-5-8-11)13-10-6-9-12(16)14(13)17/h3-10H,1-2H2. The number of rotatable bonds is 3. The summed E-state index contributed by atoms with van der Waals surface area (Å²) in [5, 5.41) is 0.659. The topological polar surface area (TPSA) is 29.5 Å². The number of hydrogen-bond acceptors (Lipinski definition) is 2. The smallest absolute Gasteiger partial charge is 0.418 e. The van der Waals surface area contributed by atoms with Crippen LogP contribution in [0, 0.1) is 6.92 Å². The van der Waals surface area contributed by atoms with Crippen molar-refractivity contribution in [2.75, 3.05) is 11.5 Å². The van der Waals surface area contributed by atoms with E-state index in [1.54, 1.807) is 30.3 Å². The molecule has 0 aliphatic heterocycles. The first kappa shape index (κ1) is 14.7. The van der Waals surface area contributed by atoms with Crippen molar-refractivity contribution in [1.29, 1.82) is 0 Å². The van der Waals surface area contributed by atoms with Crippen LogP contribution in [0.3, 0.4) is 0 Å². The SMILES string of the molecule is [CH2]COC(=O)N(c1ccccc1)c1cccc(Cl)c1Cl. The van der Waals surface area contributed by atoms with Crippen molar-refractivity contribution in [2.45, 2.75) is 0 Å². The molecule has 0 saturated heterocycles. The van der Waals surface area contributed by atoms with E-state index in [0.29, 0.717) is 21.4 Å². The number of ether oxygens (including phenoxy) is 1. The number of carbonyl (C=O) groups excluding carboxylic acids is 1. The van der Waals surface area contributed by atoms with Gasteiger partial charge < -0.3 is 4.74 Å². The van der Waals surface area contributed by atoms with Crippen molar-refractivity contribution >= 4 is 40.7 Å². The molecule has 0 aliphatic rings. The minimum atomic E-state index is -0.560. The van der Waals surface area contributed by atoms with Gasteiger partial charge in [-0.2, -0.15) is 0 Å². The normalized spacial score (nSPS) is 10.2. The molecular formula is C15H12Cl2NO2. The Morgan fingerprint density at radius 2 is 1.80 bits per heavy atom. The van der Waals surface area contributed by atoms with Gasteiger partial charge in [0.15, 0.2) is 0 Å². The minimum Gasteiger partial charge on any atom is -0.449 e. The molecule has 0 N–H and O–H groups in total. The predicted molar refractivity (Wildman–Crippen MR) is 81.7 cm³/mol. The van der Waals surface area contributed by atoms with Gasteiger partial charge in [0.05, 0.1) is 28.0 Å². The summed E-state index contributed by atoms with van der Waals surface area (Å²) >= 11 is 12.2. The first-order valence-electron chi connectivity index (χ1n) is 5.90. The van der Waals surface area contributed by atoms with Crippen molar-refractivity contribution in [3.63, 3.8) is 0 Å². The van der Waals surface area contributed by atoms with Crippen LogP contribution in [-0.2, 0) is 4.74 Å². The maximum atomic E-state index is 12.2. The van der Waals surface area contributed by atoms with Crippen molar-refractivity contribution in [3.05, 3.63) is 65.5 Å². The Labute approximate surface area is 127 Å². The van der Waals surface area contributed by atoms with Gasteiger partial charge in [-0.05, 0) is 31.2 Å². The number of nitrogens with zero attached hydrogens (tertiary/aromatic N) is 1. The highest BCUT2D eigenvalue weighted by atomic mass is 35.5. The van der Waals surface area contributed by atoms with Crippen molar-refractivity contribution in [3.8, 4) is 0 Å². The monoisotopic (exact) mass is 308 g/mol. The minimum absolute atomic E-state index is 0.0281. The highest BCUT2D eigenvalue weighted by Gasteiger charge is 2.22. The van der Waals surface area contributed by atoms with Crippen LogP contribution >= 0.6 is 23.2 Å². The van der Waals surface area contributed by atoms with Gasteiger partial charge in [-0.1, -0.05) is 47.5 Å². The van der Waals surface area contributed by atoms with Crippen LogP contribution in [0.15, 0.2) is 48.5 Å². The molecule has 2 rings (SSSR count). The second kappa shape index (κ2) is 6.64. The van der Waals surface area contributed by atoms with E-state index in [9.17, 15) is 4.79 Å². The van der Waals surface area contributed by atoms with Crippen LogP contribution in [0.5, 0.6) is 0 Å². The maximum Gasteiger partial charge on any atom is 0.418 e. The molecule has 20 heavy (non-hydrogen) atoms. The molecule has 2 aromatic rings. The summed E-state index contributed by atoms with van der Waals surface area (Å²) in [6, 6.07) is 14.1. The zero-order valence-corrected chi connectivity index (χ0v) is 12.1. The van der Waals surface area contributed by atoms with Crippen LogP contribution in [0.4, 0.5) is 16.2 Å². The summed E-state index contributed by atoms with van der Waals surface area (Å²) in [7, 11) is 0. The fraction of sp³-hybridized carbons (Fsp3) is 0.0667. The predicted octanol–water partition coefficient (Wildman–Crippen LogP) is 5.10. The van der Waals surface area contributed by atoms with Crippen molar-refractivity contribution in [1.82, 2.24) is 0 Å². The Kier molecular flexibility index (Phi) is 4.88. The summed E-state index contributed by atoms with van der Waals surface area (Å²) in [6.07, 6.45) is -0.560. The number of carbonyl (C=O) groups is 1. The van der Waals surface area contributed by atoms with Gasteiger partial charge in [-0.25, -0.2) is 9.69 Å². The van der Waals surface area contributed by atoms with Gasteiger partial charge in [0.2, 0.25) is 0 Å². The molecule has 0 bridgehead atoms. The Hall–Kier alpha value is -1.71. The lowest BCUT2D eigenvalue weighted by molar-refractivity contribution is 0.168. The van der Waals surface area contributed by atoms with Gasteiger partial charge in [-0.15, -0.1) is 0 Å². The van der Waals surface area contributed by atoms with E-state index in [1.165, 1.54) is 4.90 Å². The number of halogens is 2. The molecule has 2 aromatic carbocycles. The van der Waals surface area contributed by atoms with Crippen LogP contribution in [-0.4, -0.2) is 12.7 Å². The van der Waals surface area contributed by atoms with Gasteiger partial charge in [0.25, 0.3) is 0 Å². The molecule has 0 heterocycles. The molecular weight excluding hydrogens is 297 g/mol. The number of hydrogen-bond donors (Lipinski definition) is 0. The third-order valence-corrected chi connectivity index (χ3v) is 3.40. The quantitative estimate of drug-likeness (QED) is 0.789. The second-order valence-corrected chi connectivity index (χ2v) is 4.64. The average Bonchev–Trinajstić information content (AvgIpc) is 2.45. The van der Waals surface area contributed by atoms with E-state index in [1.807, 2.05) is 18.2 Å². The Balaban J connectivity index is 2.52. The molecule has 0 fully saturated rings.